The molecule has 0 radical (unpaired) electrons. The summed E-state index contributed by atoms with van der Waals surface area (Å²) < 4.78 is 6.64. The predicted octanol–water partition coefficient (Wildman–Crippen LogP) is 2.17. The lowest BCUT2D eigenvalue weighted by Gasteiger charge is -2.10. The molecule has 0 saturated heterocycles. The summed E-state index contributed by atoms with van der Waals surface area (Å²) in [7, 11) is 1.58. The molecule has 0 saturated carbocycles. The quantitative estimate of drug-likeness (QED) is 0.743. The molecule has 2 N–H and O–H groups in total. The van der Waals surface area contributed by atoms with Crippen LogP contribution in [0, 0.1) is 0 Å². The number of carbonyl (C=O) groups is 1. The highest BCUT2D eigenvalue weighted by Gasteiger charge is 2.16. The van der Waals surface area contributed by atoms with Gasteiger partial charge in [-0.25, -0.2) is 0 Å². The Morgan fingerprint density at radius 1 is 1.42 bits per heavy atom. The van der Waals surface area contributed by atoms with Crippen LogP contribution in [0.5, 0.6) is 0 Å². The van der Waals surface area contributed by atoms with Gasteiger partial charge in [0.05, 0.1) is 6.26 Å². The average molecular weight is 344 g/mol. The van der Waals surface area contributed by atoms with E-state index in [0.717, 1.165) is 11.3 Å². The number of aryl methyl sites for hydroxylation is 1. The van der Waals surface area contributed by atoms with Gasteiger partial charge in [0.1, 0.15) is 17.4 Å². The molecule has 0 aromatic carbocycles. The van der Waals surface area contributed by atoms with Gasteiger partial charge in [-0.1, -0.05) is 0 Å². The lowest BCUT2D eigenvalue weighted by molar-refractivity contribution is 0.0916. The van der Waals surface area contributed by atoms with Crippen LogP contribution in [0.4, 0.5) is 0 Å². The summed E-state index contributed by atoms with van der Waals surface area (Å²) in [5, 5.41) is 14.7. The van der Waals surface area contributed by atoms with Crippen molar-refractivity contribution in [1.29, 1.82) is 0 Å². The van der Waals surface area contributed by atoms with E-state index in [0.29, 0.717) is 4.88 Å². The maximum atomic E-state index is 12.1. The van der Waals surface area contributed by atoms with Crippen molar-refractivity contribution in [2.45, 2.75) is 6.10 Å². The van der Waals surface area contributed by atoms with Crippen molar-refractivity contribution in [3.63, 3.8) is 0 Å². The van der Waals surface area contributed by atoms with Gasteiger partial charge in [-0.3, -0.25) is 9.59 Å². The van der Waals surface area contributed by atoms with Crippen molar-refractivity contribution in [3.05, 3.63) is 69.0 Å². The van der Waals surface area contributed by atoms with Crippen molar-refractivity contribution in [3.8, 4) is 11.3 Å². The van der Waals surface area contributed by atoms with Crippen LogP contribution in [0.1, 0.15) is 21.3 Å². The second kappa shape index (κ2) is 6.86. The molecule has 1 amide bonds. The van der Waals surface area contributed by atoms with Crippen LogP contribution >= 0.6 is 11.3 Å². The molecular weight excluding hydrogens is 328 g/mol. The van der Waals surface area contributed by atoms with Crippen LogP contribution < -0.4 is 10.9 Å². The molecule has 124 valence electrons. The summed E-state index contributed by atoms with van der Waals surface area (Å²) in [6.07, 6.45) is 2.31. The normalized spacial score (nSPS) is 12.1. The van der Waals surface area contributed by atoms with Gasteiger partial charge in [-0.05, 0) is 30.3 Å². The number of amides is 1. The van der Waals surface area contributed by atoms with Gasteiger partial charge in [0.15, 0.2) is 0 Å². The van der Waals surface area contributed by atoms with E-state index >= 15 is 0 Å². The molecule has 0 aliphatic carbocycles. The Kier molecular flexibility index (Phi) is 4.64. The van der Waals surface area contributed by atoms with Crippen LogP contribution in [0.15, 0.2) is 57.4 Å². The number of hydrogen-bond acceptors (Lipinski definition) is 5. The highest BCUT2D eigenvalue weighted by molar-refractivity contribution is 7.10. The van der Waals surface area contributed by atoms with Gasteiger partial charge >= 0.3 is 0 Å². The minimum absolute atomic E-state index is 0.0228. The third-order valence-corrected chi connectivity index (χ3v) is 4.61. The van der Waals surface area contributed by atoms with E-state index in [9.17, 15) is 14.7 Å². The zero-order valence-electron chi connectivity index (χ0n) is 12.9. The molecule has 1 unspecified atom stereocenters. The van der Waals surface area contributed by atoms with Crippen molar-refractivity contribution < 1.29 is 14.3 Å². The van der Waals surface area contributed by atoms with E-state index in [1.165, 1.54) is 22.0 Å². The number of aliphatic hydroxyl groups excluding tert-OH is 1. The fourth-order valence-corrected chi connectivity index (χ4v) is 3.14. The summed E-state index contributed by atoms with van der Waals surface area (Å²) >= 11 is 1.38. The Balaban J connectivity index is 1.65. The molecule has 24 heavy (non-hydrogen) atoms. The number of hydrogen-bond donors (Lipinski definition) is 2. The second-order valence-corrected chi connectivity index (χ2v) is 6.22. The lowest BCUT2D eigenvalue weighted by atomic mass is 10.2. The molecule has 7 heteroatoms. The number of nitrogens with zero attached hydrogens (tertiary/aromatic N) is 1. The maximum absolute atomic E-state index is 12.1. The summed E-state index contributed by atoms with van der Waals surface area (Å²) in [5.41, 5.74) is 0.553. The van der Waals surface area contributed by atoms with Crippen molar-refractivity contribution in [2.75, 3.05) is 6.54 Å². The molecule has 0 aliphatic rings. The highest BCUT2D eigenvalue weighted by atomic mass is 32.1. The van der Waals surface area contributed by atoms with E-state index in [1.54, 1.807) is 31.6 Å². The molecule has 3 aromatic rings. The lowest BCUT2D eigenvalue weighted by Crippen LogP contribution is -2.34. The Hall–Kier alpha value is -2.64. The first-order chi connectivity index (χ1) is 11.6. The van der Waals surface area contributed by atoms with E-state index in [1.807, 2.05) is 17.5 Å². The van der Waals surface area contributed by atoms with Gasteiger partial charge in [0.2, 0.25) is 0 Å². The van der Waals surface area contributed by atoms with Crippen LogP contribution in [0.3, 0.4) is 0 Å². The number of rotatable bonds is 5. The number of thiophene rings is 1. The van der Waals surface area contributed by atoms with E-state index in [2.05, 4.69) is 5.32 Å². The topological polar surface area (TPSA) is 84.5 Å². The number of nitrogens with one attached hydrogen (secondary N) is 1. The van der Waals surface area contributed by atoms with E-state index < -0.39 is 12.0 Å². The zero-order valence-corrected chi connectivity index (χ0v) is 13.7. The first-order valence-electron chi connectivity index (χ1n) is 7.30. The minimum atomic E-state index is -0.852. The largest absolute Gasteiger partial charge is 0.464 e. The fraction of sp³-hybridized carbons (Fsp3) is 0.176. The summed E-state index contributed by atoms with van der Waals surface area (Å²) in [4.78, 5) is 24.7. The standard InChI is InChI=1S/C17H16N2O4S/c1-19-6-2-4-12(17(19)22)16(21)18-9-13(20)15-8-11(10-24-15)14-5-3-7-23-14/h2-8,10,13,20H,9H2,1H3,(H,18,21). The summed E-state index contributed by atoms with van der Waals surface area (Å²) in [6, 6.07) is 8.54. The number of carbonyl (C=O) groups excluding carboxylic acids is 1. The van der Waals surface area contributed by atoms with Crippen molar-refractivity contribution in [2.24, 2.45) is 7.05 Å². The molecule has 1 atom stereocenters. The Morgan fingerprint density at radius 3 is 3.00 bits per heavy atom. The summed E-state index contributed by atoms with van der Waals surface area (Å²) in [6.45, 7) is 0.0228. The average Bonchev–Trinajstić information content (AvgIpc) is 3.25. The first kappa shape index (κ1) is 16.2. The van der Waals surface area contributed by atoms with E-state index in [-0.39, 0.29) is 17.7 Å². The smallest absolute Gasteiger partial charge is 0.263 e. The molecule has 3 heterocycles. The second-order valence-electron chi connectivity index (χ2n) is 5.28. The summed E-state index contributed by atoms with van der Waals surface area (Å²) in [5.74, 6) is 0.222. The molecule has 3 aromatic heterocycles. The minimum Gasteiger partial charge on any atom is -0.464 e. The van der Waals surface area contributed by atoms with Crippen LogP contribution in [-0.2, 0) is 7.05 Å². The molecule has 0 spiro atoms. The van der Waals surface area contributed by atoms with Crippen molar-refractivity contribution in [1.82, 2.24) is 9.88 Å². The Morgan fingerprint density at radius 2 is 2.25 bits per heavy atom. The van der Waals surface area contributed by atoms with Gasteiger partial charge in [-0.15, -0.1) is 11.3 Å². The number of aliphatic hydroxyl groups is 1. The molecule has 0 fully saturated rings. The van der Waals surface area contributed by atoms with Gasteiger partial charge in [0.25, 0.3) is 11.5 Å². The third kappa shape index (κ3) is 3.32. The van der Waals surface area contributed by atoms with E-state index in [4.69, 9.17) is 4.42 Å². The molecule has 3 rings (SSSR count). The van der Waals surface area contributed by atoms with Gasteiger partial charge < -0.3 is 19.4 Å². The zero-order chi connectivity index (χ0) is 17.1. The SMILES string of the molecule is Cn1cccc(C(=O)NCC(O)c2cc(-c3ccco3)cs2)c1=O. The predicted molar refractivity (Wildman–Crippen MR) is 91.0 cm³/mol. The number of pyridine rings is 1. The first-order valence-corrected chi connectivity index (χ1v) is 8.18. The van der Waals surface area contributed by atoms with Gasteiger partial charge in [0, 0.05) is 35.6 Å². The molecule has 0 aliphatic heterocycles. The van der Waals surface area contributed by atoms with Crippen LogP contribution in [0.2, 0.25) is 0 Å². The number of aromatic nitrogens is 1. The number of furan rings is 1. The maximum Gasteiger partial charge on any atom is 0.263 e. The fourth-order valence-electron chi connectivity index (χ4n) is 2.25. The highest BCUT2D eigenvalue weighted by Crippen LogP contribution is 2.29. The Labute approximate surface area is 142 Å². The monoisotopic (exact) mass is 344 g/mol. The van der Waals surface area contributed by atoms with Crippen LogP contribution in [0.25, 0.3) is 11.3 Å². The van der Waals surface area contributed by atoms with Gasteiger partial charge in [-0.2, -0.15) is 0 Å². The third-order valence-electron chi connectivity index (χ3n) is 3.58. The van der Waals surface area contributed by atoms with Crippen LogP contribution in [-0.4, -0.2) is 22.1 Å². The molecule has 0 bridgehead atoms. The Bertz CT molecular complexity index is 895. The molecule has 6 nitrogen and oxygen atoms in total. The molecular formula is C17H16N2O4S. The van der Waals surface area contributed by atoms with Crippen molar-refractivity contribution >= 4 is 17.2 Å².